The molecule has 4 nitrogen and oxygen atoms in total. The van der Waals surface area contributed by atoms with E-state index in [1.54, 1.807) is 11.0 Å². The molecule has 5 heteroatoms. The van der Waals surface area contributed by atoms with E-state index in [1.807, 2.05) is 6.92 Å². The Bertz CT molecular complexity index is 473. The second-order valence-electron chi connectivity index (χ2n) is 3.96. The summed E-state index contributed by atoms with van der Waals surface area (Å²) in [6.07, 6.45) is 0. The summed E-state index contributed by atoms with van der Waals surface area (Å²) >= 11 is 0. The van der Waals surface area contributed by atoms with Crippen LogP contribution in [0.4, 0.5) is 4.39 Å². The molecule has 1 amide bonds. The Morgan fingerprint density at radius 3 is 3.06 bits per heavy atom. The first-order chi connectivity index (χ1) is 8.11. The van der Waals surface area contributed by atoms with Crippen molar-refractivity contribution in [1.29, 1.82) is 5.41 Å². The first kappa shape index (κ1) is 11.6. The molecule has 2 rings (SSSR count). The Hall–Kier alpha value is -1.91. The minimum atomic E-state index is -0.353. The lowest BCUT2D eigenvalue weighted by Gasteiger charge is -2.16. The van der Waals surface area contributed by atoms with Gasteiger partial charge in [0.25, 0.3) is 0 Å². The van der Waals surface area contributed by atoms with E-state index in [0.717, 1.165) is 5.56 Å². The number of amides is 1. The molecule has 0 saturated heterocycles. The number of fused-ring (bicyclic) bond motifs is 1. The number of hydrogen-bond acceptors (Lipinski definition) is 2. The standard InChI is InChI=1S/C12H14FN3O/c1-2-15-11(17)7-16-6-8-3-4-9(13)5-10(8)12(16)14/h3-5,14H,2,6-7H2,1H3,(H,15,17). The van der Waals surface area contributed by atoms with Crippen molar-refractivity contribution in [1.82, 2.24) is 10.2 Å². The van der Waals surface area contributed by atoms with Crippen LogP contribution >= 0.6 is 0 Å². The van der Waals surface area contributed by atoms with E-state index in [1.165, 1.54) is 12.1 Å². The van der Waals surface area contributed by atoms with Crippen LogP contribution in [0.1, 0.15) is 18.1 Å². The second kappa shape index (κ2) is 4.53. The predicted octanol–water partition coefficient (Wildman–Crippen LogP) is 1.10. The first-order valence-electron chi connectivity index (χ1n) is 5.50. The highest BCUT2D eigenvalue weighted by Crippen LogP contribution is 2.22. The lowest BCUT2D eigenvalue weighted by Crippen LogP contribution is -2.37. The molecule has 0 bridgehead atoms. The molecule has 0 radical (unpaired) electrons. The number of carbonyl (C=O) groups is 1. The number of nitrogens with one attached hydrogen (secondary N) is 2. The van der Waals surface area contributed by atoms with Crippen LogP contribution in [0.15, 0.2) is 18.2 Å². The van der Waals surface area contributed by atoms with E-state index in [2.05, 4.69) is 5.32 Å². The van der Waals surface area contributed by atoms with E-state index in [9.17, 15) is 9.18 Å². The van der Waals surface area contributed by atoms with Crippen molar-refractivity contribution < 1.29 is 9.18 Å². The zero-order valence-electron chi connectivity index (χ0n) is 9.59. The molecule has 0 unspecified atom stereocenters. The van der Waals surface area contributed by atoms with Crippen LogP contribution in [-0.2, 0) is 11.3 Å². The average Bonchev–Trinajstić information content (AvgIpc) is 2.57. The number of hydrogen-bond donors (Lipinski definition) is 2. The van der Waals surface area contributed by atoms with Gasteiger partial charge >= 0.3 is 0 Å². The van der Waals surface area contributed by atoms with Gasteiger partial charge in [-0.15, -0.1) is 0 Å². The van der Waals surface area contributed by atoms with Crippen LogP contribution in [0, 0.1) is 11.2 Å². The summed E-state index contributed by atoms with van der Waals surface area (Å²) in [7, 11) is 0. The van der Waals surface area contributed by atoms with Crippen molar-refractivity contribution in [2.75, 3.05) is 13.1 Å². The third kappa shape index (κ3) is 2.27. The number of halogens is 1. The quantitative estimate of drug-likeness (QED) is 0.824. The van der Waals surface area contributed by atoms with Gasteiger partial charge in [-0.05, 0) is 24.6 Å². The maximum absolute atomic E-state index is 13.1. The molecule has 1 aliphatic rings. The third-order valence-corrected chi connectivity index (χ3v) is 2.71. The lowest BCUT2D eigenvalue weighted by atomic mass is 10.1. The van der Waals surface area contributed by atoms with Crippen LogP contribution < -0.4 is 5.32 Å². The molecular formula is C12H14FN3O. The molecule has 90 valence electrons. The molecule has 1 aromatic rings. The molecule has 1 aliphatic heterocycles. The van der Waals surface area contributed by atoms with Crippen molar-refractivity contribution in [3.8, 4) is 0 Å². The number of nitrogens with zero attached hydrogens (tertiary/aromatic N) is 1. The van der Waals surface area contributed by atoms with Crippen LogP contribution in [0.5, 0.6) is 0 Å². The van der Waals surface area contributed by atoms with Gasteiger partial charge in [-0.2, -0.15) is 0 Å². The summed E-state index contributed by atoms with van der Waals surface area (Å²) < 4.78 is 13.1. The predicted molar refractivity (Wildman–Crippen MR) is 62.3 cm³/mol. The van der Waals surface area contributed by atoms with E-state index >= 15 is 0 Å². The third-order valence-electron chi connectivity index (χ3n) is 2.71. The van der Waals surface area contributed by atoms with Crippen LogP contribution in [-0.4, -0.2) is 29.7 Å². The molecule has 1 heterocycles. The highest BCUT2D eigenvalue weighted by Gasteiger charge is 2.25. The normalized spacial score (nSPS) is 13.8. The largest absolute Gasteiger partial charge is 0.355 e. The smallest absolute Gasteiger partial charge is 0.239 e. The van der Waals surface area contributed by atoms with Crippen molar-refractivity contribution in [3.63, 3.8) is 0 Å². The minimum absolute atomic E-state index is 0.120. The van der Waals surface area contributed by atoms with Gasteiger partial charge in [-0.3, -0.25) is 10.2 Å². The van der Waals surface area contributed by atoms with Crippen LogP contribution in [0.2, 0.25) is 0 Å². The number of amidine groups is 1. The summed E-state index contributed by atoms with van der Waals surface area (Å²) in [6.45, 7) is 3.05. The zero-order valence-corrected chi connectivity index (χ0v) is 9.59. The van der Waals surface area contributed by atoms with E-state index in [0.29, 0.717) is 18.7 Å². The monoisotopic (exact) mass is 235 g/mol. The summed E-state index contributed by atoms with van der Waals surface area (Å²) in [4.78, 5) is 13.1. The number of benzene rings is 1. The fourth-order valence-corrected chi connectivity index (χ4v) is 1.92. The second-order valence-corrected chi connectivity index (χ2v) is 3.96. The number of likely N-dealkylation sites (N-methyl/N-ethyl adjacent to an activating group) is 1. The van der Waals surface area contributed by atoms with E-state index in [4.69, 9.17) is 5.41 Å². The highest BCUT2D eigenvalue weighted by atomic mass is 19.1. The van der Waals surface area contributed by atoms with Crippen LogP contribution in [0.3, 0.4) is 0 Å². The maximum Gasteiger partial charge on any atom is 0.239 e. The average molecular weight is 235 g/mol. The van der Waals surface area contributed by atoms with Gasteiger partial charge in [0.15, 0.2) is 0 Å². The Kier molecular flexibility index (Phi) is 3.08. The summed E-state index contributed by atoms with van der Waals surface area (Å²) in [5.41, 5.74) is 1.47. The summed E-state index contributed by atoms with van der Waals surface area (Å²) in [6, 6.07) is 4.38. The first-order valence-corrected chi connectivity index (χ1v) is 5.50. The van der Waals surface area contributed by atoms with Gasteiger partial charge in [0.2, 0.25) is 5.91 Å². The fourth-order valence-electron chi connectivity index (χ4n) is 1.92. The lowest BCUT2D eigenvalue weighted by molar-refractivity contribution is -0.121. The molecule has 0 fully saturated rings. The molecule has 1 aromatic carbocycles. The minimum Gasteiger partial charge on any atom is -0.355 e. The SMILES string of the molecule is CCNC(=O)CN1Cc2ccc(F)cc2C1=N. The fraction of sp³-hybridized carbons (Fsp3) is 0.333. The van der Waals surface area contributed by atoms with Crippen molar-refractivity contribution in [2.24, 2.45) is 0 Å². The summed E-state index contributed by atoms with van der Waals surface area (Å²) in [5.74, 6) is -0.260. The Morgan fingerprint density at radius 1 is 1.59 bits per heavy atom. The van der Waals surface area contributed by atoms with Crippen molar-refractivity contribution >= 4 is 11.7 Å². The topological polar surface area (TPSA) is 56.2 Å². The van der Waals surface area contributed by atoms with E-state index < -0.39 is 0 Å². The van der Waals surface area contributed by atoms with E-state index in [-0.39, 0.29) is 24.1 Å². The molecule has 0 saturated carbocycles. The van der Waals surface area contributed by atoms with Crippen molar-refractivity contribution in [3.05, 3.63) is 35.1 Å². The van der Waals surface area contributed by atoms with Gasteiger partial charge in [0, 0.05) is 18.7 Å². The Balaban J connectivity index is 2.12. The van der Waals surface area contributed by atoms with Crippen molar-refractivity contribution in [2.45, 2.75) is 13.5 Å². The van der Waals surface area contributed by atoms with Gasteiger partial charge in [-0.25, -0.2) is 4.39 Å². The Morgan fingerprint density at radius 2 is 2.35 bits per heavy atom. The van der Waals surface area contributed by atoms with Crippen LogP contribution in [0.25, 0.3) is 0 Å². The zero-order chi connectivity index (χ0) is 12.4. The number of rotatable bonds is 3. The van der Waals surface area contributed by atoms with Gasteiger partial charge in [0.1, 0.15) is 11.7 Å². The van der Waals surface area contributed by atoms with Gasteiger partial charge in [-0.1, -0.05) is 6.07 Å². The molecule has 0 aromatic heterocycles. The Labute approximate surface area is 98.9 Å². The highest BCUT2D eigenvalue weighted by molar-refractivity contribution is 6.01. The maximum atomic E-state index is 13.1. The molecule has 0 atom stereocenters. The molecule has 0 spiro atoms. The number of carbonyl (C=O) groups excluding carboxylic acids is 1. The molecule has 17 heavy (non-hydrogen) atoms. The molecule has 0 aliphatic carbocycles. The van der Waals surface area contributed by atoms with Gasteiger partial charge < -0.3 is 10.2 Å². The summed E-state index contributed by atoms with van der Waals surface area (Å²) in [5, 5.41) is 10.6. The van der Waals surface area contributed by atoms with Gasteiger partial charge in [0.05, 0.1) is 6.54 Å². The molecule has 2 N–H and O–H groups in total. The molecular weight excluding hydrogens is 221 g/mol.